The summed E-state index contributed by atoms with van der Waals surface area (Å²) in [6.07, 6.45) is 22.2. The fourth-order valence-corrected chi connectivity index (χ4v) is 5.33. The lowest BCUT2D eigenvalue weighted by molar-refractivity contribution is 0.0216. The molecule has 0 aliphatic carbocycles. The third-order valence-electron chi connectivity index (χ3n) is 7.93. The molecule has 0 unspecified atom stereocenters. The first-order valence-electron chi connectivity index (χ1n) is 15.7. The molecule has 0 saturated carbocycles. The molecule has 1 aromatic rings. The van der Waals surface area contributed by atoms with Gasteiger partial charge in [-0.1, -0.05) is 142 Å². The Balaban J connectivity index is 2.07. The lowest BCUT2D eigenvalue weighted by Gasteiger charge is -2.37. The standard InChI is InChI=1S/C33H62O3Si/c1-7-8-9-10-11-12-13-14-15-16-17-18-19-20-21-25-28-34-29-32(36-31-26-23-22-24-27-31)30-35-37(5,6)33(2,3)4/h22-24,26-27,32H,7-21,25,28-30H2,1-6H3/t32-/m0/s1. The van der Waals surface area contributed by atoms with Gasteiger partial charge in [0.2, 0.25) is 0 Å². The van der Waals surface area contributed by atoms with Crippen LogP contribution in [0.4, 0.5) is 0 Å². The van der Waals surface area contributed by atoms with E-state index in [0.29, 0.717) is 13.2 Å². The second kappa shape index (κ2) is 21.0. The topological polar surface area (TPSA) is 27.7 Å². The van der Waals surface area contributed by atoms with Crippen LogP contribution in [0.25, 0.3) is 0 Å². The van der Waals surface area contributed by atoms with Crippen LogP contribution in [0.2, 0.25) is 18.1 Å². The summed E-state index contributed by atoms with van der Waals surface area (Å²) >= 11 is 0. The molecule has 0 heterocycles. The van der Waals surface area contributed by atoms with Crippen molar-refractivity contribution >= 4 is 8.32 Å². The summed E-state index contributed by atoms with van der Waals surface area (Å²) in [5.41, 5.74) is 0. The van der Waals surface area contributed by atoms with Crippen LogP contribution in [-0.2, 0) is 9.16 Å². The summed E-state index contributed by atoms with van der Waals surface area (Å²) in [5, 5.41) is 0.193. The van der Waals surface area contributed by atoms with Crippen molar-refractivity contribution < 1.29 is 13.9 Å². The molecule has 1 atom stereocenters. The van der Waals surface area contributed by atoms with E-state index >= 15 is 0 Å². The molecule has 0 saturated heterocycles. The molecule has 216 valence electrons. The van der Waals surface area contributed by atoms with Gasteiger partial charge in [-0.3, -0.25) is 0 Å². The first-order chi connectivity index (χ1) is 17.8. The number of para-hydroxylation sites is 1. The molecular weight excluding hydrogens is 472 g/mol. The average molecular weight is 535 g/mol. The summed E-state index contributed by atoms with van der Waals surface area (Å²) in [4.78, 5) is 0. The van der Waals surface area contributed by atoms with E-state index in [-0.39, 0.29) is 11.1 Å². The molecule has 0 aliphatic rings. The molecule has 37 heavy (non-hydrogen) atoms. The van der Waals surface area contributed by atoms with Gasteiger partial charge in [-0.15, -0.1) is 0 Å². The number of ether oxygens (including phenoxy) is 2. The van der Waals surface area contributed by atoms with Gasteiger partial charge in [0.1, 0.15) is 11.9 Å². The zero-order chi connectivity index (χ0) is 27.2. The van der Waals surface area contributed by atoms with Gasteiger partial charge in [-0.05, 0) is 36.7 Å². The van der Waals surface area contributed by atoms with Crippen molar-refractivity contribution in [1.82, 2.24) is 0 Å². The van der Waals surface area contributed by atoms with E-state index in [4.69, 9.17) is 13.9 Å². The minimum Gasteiger partial charge on any atom is -0.486 e. The summed E-state index contributed by atoms with van der Waals surface area (Å²) in [7, 11) is -1.81. The summed E-state index contributed by atoms with van der Waals surface area (Å²) < 4.78 is 18.7. The Kier molecular flexibility index (Phi) is 19.4. The lowest BCUT2D eigenvalue weighted by atomic mass is 10.0. The van der Waals surface area contributed by atoms with Gasteiger partial charge in [-0.2, -0.15) is 0 Å². The molecule has 0 N–H and O–H groups in total. The van der Waals surface area contributed by atoms with E-state index < -0.39 is 8.32 Å². The zero-order valence-corrected chi connectivity index (χ0v) is 26.6. The van der Waals surface area contributed by atoms with E-state index in [0.717, 1.165) is 18.8 Å². The van der Waals surface area contributed by atoms with Crippen LogP contribution >= 0.6 is 0 Å². The summed E-state index contributed by atoms with van der Waals surface area (Å²) in [6.45, 7) is 15.7. The lowest BCUT2D eigenvalue weighted by Crippen LogP contribution is -2.44. The Morgan fingerprint density at radius 1 is 0.649 bits per heavy atom. The molecule has 0 radical (unpaired) electrons. The van der Waals surface area contributed by atoms with Gasteiger partial charge in [0.05, 0.1) is 13.2 Å². The minimum atomic E-state index is -1.81. The Morgan fingerprint density at radius 3 is 1.57 bits per heavy atom. The predicted molar refractivity (Wildman–Crippen MR) is 164 cm³/mol. The maximum absolute atomic E-state index is 6.45. The number of unbranched alkanes of at least 4 members (excludes halogenated alkanes) is 15. The normalized spacial score (nSPS) is 13.1. The molecule has 1 aromatic carbocycles. The SMILES string of the molecule is CCCCCCCCCCCCCCCCCCOC[C@@H](CO[Si](C)(C)C(C)(C)C)Oc1ccccc1. The van der Waals surface area contributed by atoms with Crippen LogP contribution in [0.3, 0.4) is 0 Å². The average Bonchev–Trinajstić information content (AvgIpc) is 2.86. The molecule has 1 rings (SSSR count). The molecular formula is C33H62O3Si. The maximum Gasteiger partial charge on any atom is 0.192 e. The quantitative estimate of drug-likeness (QED) is 0.0974. The molecule has 0 bridgehead atoms. The molecule has 0 fully saturated rings. The Hall–Kier alpha value is -0.843. The van der Waals surface area contributed by atoms with Crippen molar-refractivity contribution in [2.45, 2.75) is 155 Å². The minimum absolute atomic E-state index is 0.0717. The third-order valence-corrected chi connectivity index (χ3v) is 12.4. The zero-order valence-electron chi connectivity index (χ0n) is 25.6. The van der Waals surface area contributed by atoms with Crippen LogP contribution in [0, 0.1) is 0 Å². The van der Waals surface area contributed by atoms with Gasteiger partial charge in [0, 0.05) is 6.61 Å². The van der Waals surface area contributed by atoms with E-state index in [1.807, 2.05) is 30.3 Å². The smallest absolute Gasteiger partial charge is 0.192 e. The fraction of sp³-hybridized carbons (Fsp3) is 0.818. The van der Waals surface area contributed by atoms with Crippen molar-refractivity contribution in [3.63, 3.8) is 0 Å². The first kappa shape index (κ1) is 34.2. The molecule has 0 aromatic heterocycles. The molecule has 0 aliphatic heterocycles. The van der Waals surface area contributed by atoms with E-state index in [9.17, 15) is 0 Å². The van der Waals surface area contributed by atoms with Crippen LogP contribution in [0.15, 0.2) is 30.3 Å². The fourth-order valence-electron chi connectivity index (χ4n) is 4.29. The van der Waals surface area contributed by atoms with Crippen LogP contribution < -0.4 is 4.74 Å². The highest BCUT2D eigenvalue weighted by molar-refractivity contribution is 6.74. The van der Waals surface area contributed by atoms with Gasteiger partial charge in [0.25, 0.3) is 0 Å². The van der Waals surface area contributed by atoms with Crippen molar-refractivity contribution in [2.24, 2.45) is 0 Å². The Bertz CT molecular complexity index is 626. The largest absolute Gasteiger partial charge is 0.486 e. The van der Waals surface area contributed by atoms with Crippen molar-refractivity contribution in [3.8, 4) is 5.75 Å². The highest BCUT2D eigenvalue weighted by Gasteiger charge is 2.37. The first-order valence-corrected chi connectivity index (χ1v) is 18.6. The van der Waals surface area contributed by atoms with Gasteiger partial charge < -0.3 is 13.9 Å². The van der Waals surface area contributed by atoms with E-state index in [2.05, 4.69) is 40.8 Å². The maximum atomic E-state index is 6.45. The van der Waals surface area contributed by atoms with Crippen LogP contribution in [0.5, 0.6) is 5.75 Å². The van der Waals surface area contributed by atoms with Gasteiger partial charge >= 0.3 is 0 Å². The highest BCUT2D eigenvalue weighted by atomic mass is 28.4. The van der Waals surface area contributed by atoms with E-state index in [1.165, 1.54) is 96.3 Å². The number of benzene rings is 1. The Morgan fingerprint density at radius 2 is 1.11 bits per heavy atom. The molecule has 4 heteroatoms. The van der Waals surface area contributed by atoms with Crippen molar-refractivity contribution in [1.29, 1.82) is 0 Å². The second-order valence-corrected chi connectivity index (χ2v) is 17.3. The van der Waals surface area contributed by atoms with Crippen LogP contribution in [-0.4, -0.2) is 34.2 Å². The number of hydrogen-bond acceptors (Lipinski definition) is 3. The van der Waals surface area contributed by atoms with E-state index in [1.54, 1.807) is 0 Å². The number of hydrogen-bond donors (Lipinski definition) is 0. The summed E-state index contributed by atoms with van der Waals surface area (Å²) in [5.74, 6) is 0.886. The molecule has 0 amide bonds. The van der Waals surface area contributed by atoms with Crippen LogP contribution in [0.1, 0.15) is 130 Å². The monoisotopic (exact) mass is 534 g/mol. The number of rotatable bonds is 24. The molecule has 0 spiro atoms. The Labute approximate surface area is 232 Å². The molecule has 3 nitrogen and oxygen atoms in total. The van der Waals surface area contributed by atoms with Gasteiger partial charge in [-0.25, -0.2) is 0 Å². The third kappa shape index (κ3) is 18.1. The second-order valence-electron chi connectivity index (χ2n) is 12.5. The van der Waals surface area contributed by atoms with Crippen molar-refractivity contribution in [2.75, 3.05) is 19.8 Å². The highest BCUT2D eigenvalue weighted by Crippen LogP contribution is 2.36. The predicted octanol–water partition coefficient (Wildman–Crippen LogP) is 10.7. The van der Waals surface area contributed by atoms with Gasteiger partial charge in [0.15, 0.2) is 8.32 Å². The summed E-state index contributed by atoms with van der Waals surface area (Å²) in [6, 6.07) is 10.1. The van der Waals surface area contributed by atoms with Crippen molar-refractivity contribution in [3.05, 3.63) is 30.3 Å².